The van der Waals surface area contributed by atoms with Crippen molar-refractivity contribution in [1.29, 1.82) is 0 Å². The summed E-state index contributed by atoms with van der Waals surface area (Å²) in [5.74, 6) is -0.852. The van der Waals surface area contributed by atoms with Crippen molar-refractivity contribution in [1.82, 2.24) is 14.5 Å². The van der Waals surface area contributed by atoms with Crippen molar-refractivity contribution in [2.75, 3.05) is 12.4 Å². The van der Waals surface area contributed by atoms with Crippen LogP contribution in [0.25, 0.3) is 5.69 Å². The molecule has 0 saturated carbocycles. The van der Waals surface area contributed by atoms with E-state index in [0.29, 0.717) is 33.2 Å². The molecule has 2 aromatic heterocycles. The van der Waals surface area contributed by atoms with Crippen molar-refractivity contribution in [2.45, 2.75) is 13.8 Å². The number of carbonyl (C=O) groups is 2. The molecule has 7 nitrogen and oxygen atoms in total. The third-order valence-corrected chi connectivity index (χ3v) is 4.34. The molecule has 0 aliphatic rings. The number of hydrogen-bond acceptors (Lipinski definition) is 4. The van der Waals surface area contributed by atoms with Gasteiger partial charge in [0.2, 0.25) is 0 Å². The maximum Gasteiger partial charge on any atom is 0.339 e. The molecule has 0 fully saturated rings. The molecule has 3 rings (SSSR count). The Kier molecular flexibility index (Phi) is 4.81. The minimum absolute atomic E-state index is 0.303. The molecule has 0 aliphatic heterocycles. The topological polar surface area (TPSA) is 89.0 Å². The number of nitrogens with one attached hydrogen (secondary N) is 2. The van der Waals surface area contributed by atoms with Crippen molar-refractivity contribution in [2.24, 2.45) is 0 Å². The van der Waals surface area contributed by atoms with Gasteiger partial charge in [0.05, 0.1) is 29.7 Å². The average molecular weight is 373 g/mol. The average Bonchev–Trinajstić information content (AvgIpc) is 3.22. The molecule has 0 atom stereocenters. The third kappa shape index (κ3) is 3.21. The van der Waals surface area contributed by atoms with Gasteiger partial charge < -0.3 is 19.6 Å². The number of hydrogen-bond donors (Lipinski definition) is 2. The SMILES string of the molecule is COC(=O)c1c(C)[nH]c(C(=O)Nc2ccc(-n3ccnc3)c(Cl)c2)c1C. The standard InChI is InChI=1S/C18H17ClN4O3/c1-10-15(18(25)26-3)11(2)21-16(10)17(24)22-12-4-5-14(13(19)8-12)23-7-6-20-9-23/h4-9,21H,1-3H3,(H,22,24). The van der Waals surface area contributed by atoms with E-state index in [4.69, 9.17) is 16.3 Å². The van der Waals surface area contributed by atoms with Crippen molar-refractivity contribution < 1.29 is 14.3 Å². The molecule has 2 N–H and O–H groups in total. The van der Waals surface area contributed by atoms with E-state index in [0.717, 1.165) is 5.69 Å². The Bertz CT molecular complexity index is 977. The lowest BCUT2D eigenvalue weighted by Gasteiger charge is -2.09. The normalized spacial score (nSPS) is 10.6. The van der Waals surface area contributed by atoms with E-state index in [1.807, 2.05) is 0 Å². The van der Waals surface area contributed by atoms with Crippen molar-refractivity contribution in [3.8, 4) is 5.69 Å². The second-order valence-corrected chi connectivity index (χ2v) is 6.11. The van der Waals surface area contributed by atoms with Gasteiger partial charge >= 0.3 is 5.97 Å². The molecule has 134 valence electrons. The van der Waals surface area contributed by atoms with Gasteiger partial charge in [-0.2, -0.15) is 0 Å². The Morgan fingerprint density at radius 2 is 2.08 bits per heavy atom. The number of H-pyrrole nitrogens is 1. The molecule has 26 heavy (non-hydrogen) atoms. The number of rotatable bonds is 4. The van der Waals surface area contributed by atoms with E-state index >= 15 is 0 Å². The summed E-state index contributed by atoms with van der Waals surface area (Å²) in [6, 6.07) is 5.18. The van der Waals surface area contributed by atoms with Gasteiger partial charge in [0.25, 0.3) is 5.91 Å². The van der Waals surface area contributed by atoms with Gasteiger partial charge in [-0.3, -0.25) is 4.79 Å². The fraction of sp³-hybridized carbons (Fsp3) is 0.167. The van der Waals surface area contributed by atoms with E-state index in [-0.39, 0.29) is 5.91 Å². The fourth-order valence-electron chi connectivity index (χ4n) is 2.77. The zero-order valence-corrected chi connectivity index (χ0v) is 15.2. The highest BCUT2D eigenvalue weighted by Crippen LogP contribution is 2.25. The smallest absolute Gasteiger partial charge is 0.339 e. The van der Waals surface area contributed by atoms with E-state index in [9.17, 15) is 9.59 Å². The van der Waals surface area contributed by atoms with Crippen molar-refractivity contribution in [3.63, 3.8) is 0 Å². The molecule has 2 heterocycles. The predicted octanol–water partition coefficient (Wildman–Crippen LogP) is 3.51. The molecule has 8 heteroatoms. The third-order valence-electron chi connectivity index (χ3n) is 4.04. The van der Waals surface area contributed by atoms with Gasteiger partial charge in [0.15, 0.2) is 0 Å². The van der Waals surface area contributed by atoms with Crippen LogP contribution in [0.3, 0.4) is 0 Å². The van der Waals surface area contributed by atoms with Gasteiger partial charge in [-0.25, -0.2) is 9.78 Å². The number of aryl methyl sites for hydroxylation is 1. The van der Waals surface area contributed by atoms with Crippen LogP contribution in [-0.4, -0.2) is 33.5 Å². The number of amides is 1. The van der Waals surface area contributed by atoms with Gasteiger partial charge in [0, 0.05) is 23.8 Å². The molecular formula is C18H17ClN4O3. The Labute approximate surface area is 155 Å². The molecule has 0 unspecified atom stereocenters. The number of nitrogens with zero attached hydrogens (tertiary/aromatic N) is 2. The molecule has 0 radical (unpaired) electrons. The van der Waals surface area contributed by atoms with Crippen molar-refractivity contribution >= 4 is 29.2 Å². The Morgan fingerprint density at radius 3 is 2.69 bits per heavy atom. The largest absolute Gasteiger partial charge is 0.465 e. The lowest BCUT2D eigenvalue weighted by molar-refractivity contribution is 0.0599. The van der Waals surface area contributed by atoms with E-state index in [1.165, 1.54) is 7.11 Å². The van der Waals surface area contributed by atoms with Crippen LogP contribution in [0, 0.1) is 13.8 Å². The molecule has 0 bridgehead atoms. The van der Waals surface area contributed by atoms with Crippen LogP contribution >= 0.6 is 11.6 Å². The molecule has 3 aromatic rings. The summed E-state index contributed by atoms with van der Waals surface area (Å²) in [6.07, 6.45) is 5.07. The molecule has 0 aliphatic carbocycles. The molecule has 0 spiro atoms. The lowest BCUT2D eigenvalue weighted by Crippen LogP contribution is -2.14. The fourth-order valence-corrected chi connectivity index (χ4v) is 3.05. The molecule has 0 saturated heterocycles. The molecule has 1 amide bonds. The Morgan fingerprint density at radius 1 is 1.31 bits per heavy atom. The summed E-state index contributed by atoms with van der Waals surface area (Å²) >= 11 is 6.30. The number of benzene rings is 1. The number of carbonyl (C=O) groups excluding carboxylic acids is 2. The highest BCUT2D eigenvalue weighted by atomic mass is 35.5. The summed E-state index contributed by atoms with van der Waals surface area (Å²) in [4.78, 5) is 31.4. The summed E-state index contributed by atoms with van der Waals surface area (Å²) in [7, 11) is 1.30. The first-order valence-corrected chi connectivity index (χ1v) is 8.17. The summed E-state index contributed by atoms with van der Waals surface area (Å²) in [5.41, 5.74) is 3.07. The second kappa shape index (κ2) is 7.05. The molecular weight excluding hydrogens is 356 g/mol. The molecule has 1 aromatic carbocycles. The van der Waals surface area contributed by atoms with Gasteiger partial charge in [-0.05, 0) is 37.6 Å². The number of esters is 1. The van der Waals surface area contributed by atoms with Crippen LogP contribution in [0.2, 0.25) is 5.02 Å². The number of ether oxygens (including phenoxy) is 1. The maximum absolute atomic E-state index is 12.6. The van der Waals surface area contributed by atoms with Crippen LogP contribution in [0.5, 0.6) is 0 Å². The van der Waals surface area contributed by atoms with Crippen LogP contribution in [0.1, 0.15) is 32.1 Å². The monoisotopic (exact) mass is 372 g/mol. The van der Waals surface area contributed by atoms with Crippen LogP contribution < -0.4 is 5.32 Å². The van der Waals surface area contributed by atoms with E-state index in [1.54, 1.807) is 55.3 Å². The minimum atomic E-state index is -0.483. The van der Waals surface area contributed by atoms with Crippen molar-refractivity contribution in [3.05, 3.63) is 64.5 Å². The minimum Gasteiger partial charge on any atom is -0.465 e. The number of imidazole rings is 1. The lowest BCUT2D eigenvalue weighted by atomic mass is 10.1. The maximum atomic E-state index is 12.6. The summed E-state index contributed by atoms with van der Waals surface area (Å²) in [6.45, 7) is 3.41. The van der Waals surface area contributed by atoms with Gasteiger partial charge in [0.1, 0.15) is 5.69 Å². The van der Waals surface area contributed by atoms with Crippen LogP contribution in [-0.2, 0) is 4.74 Å². The van der Waals surface area contributed by atoms with Gasteiger partial charge in [-0.15, -0.1) is 0 Å². The first-order valence-electron chi connectivity index (χ1n) is 7.79. The zero-order chi connectivity index (χ0) is 18.8. The summed E-state index contributed by atoms with van der Waals surface area (Å²) in [5, 5.41) is 3.25. The number of aromatic amines is 1. The Hall–Kier alpha value is -3.06. The highest BCUT2D eigenvalue weighted by molar-refractivity contribution is 6.32. The number of methoxy groups -OCH3 is 1. The van der Waals surface area contributed by atoms with Gasteiger partial charge in [-0.1, -0.05) is 11.6 Å². The number of anilines is 1. The van der Waals surface area contributed by atoms with E-state index < -0.39 is 5.97 Å². The number of aromatic nitrogens is 3. The van der Waals surface area contributed by atoms with E-state index in [2.05, 4.69) is 15.3 Å². The quantitative estimate of drug-likeness (QED) is 0.686. The predicted molar refractivity (Wildman–Crippen MR) is 98.1 cm³/mol. The van der Waals surface area contributed by atoms with Crippen LogP contribution in [0.15, 0.2) is 36.9 Å². The second-order valence-electron chi connectivity index (χ2n) is 5.71. The van der Waals surface area contributed by atoms with Crippen LogP contribution in [0.4, 0.5) is 5.69 Å². The number of halogens is 1. The first kappa shape index (κ1) is 17.8. The first-order chi connectivity index (χ1) is 12.4. The highest BCUT2D eigenvalue weighted by Gasteiger charge is 2.22. The Balaban J connectivity index is 1.85. The summed E-state index contributed by atoms with van der Waals surface area (Å²) < 4.78 is 6.53. The zero-order valence-electron chi connectivity index (χ0n) is 14.5.